The summed E-state index contributed by atoms with van der Waals surface area (Å²) in [6.07, 6.45) is 1.19. The molecule has 0 atom stereocenters. The van der Waals surface area contributed by atoms with Crippen LogP contribution in [0.25, 0.3) is 0 Å². The van der Waals surface area contributed by atoms with Gasteiger partial charge in [-0.15, -0.1) is 0 Å². The van der Waals surface area contributed by atoms with Crippen molar-refractivity contribution in [1.29, 1.82) is 0 Å². The Morgan fingerprint density at radius 2 is 1.62 bits per heavy atom. The Labute approximate surface area is 81.7 Å². The smallest absolute Gasteiger partial charge is 0.143 e. The number of carbonyl (C=O) groups excluding carboxylic acids is 1. The van der Waals surface area contributed by atoms with E-state index in [2.05, 4.69) is 23.8 Å². The molecule has 0 rings (SSSR count). The average Bonchev–Trinajstić information content (AvgIpc) is 2.00. The highest BCUT2D eigenvalue weighted by Crippen LogP contribution is 1.89. The second kappa shape index (κ2) is 7.04. The first-order valence-corrected chi connectivity index (χ1v) is 4.92. The SMILES string of the molecule is CCCN(C)CCN(C)CC(C)=O. The lowest BCUT2D eigenvalue weighted by molar-refractivity contribution is -0.117. The van der Waals surface area contributed by atoms with E-state index in [9.17, 15) is 4.79 Å². The monoisotopic (exact) mass is 186 g/mol. The summed E-state index contributed by atoms with van der Waals surface area (Å²) in [5, 5.41) is 0. The zero-order chi connectivity index (χ0) is 10.3. The van der Waals surface area contributed by atoms with E-state index >= 15 is 0 Å². The maximum atomic E-state index is 10.8. The Morgan fingerprint density at radius 3 is 2.08 bits per heavy atom. The molecule has 0 aromatic rings. The van der Waals surface area contributed by atoms with E-state index in [-0.39, 0.29) is 5.78 Å². The van der Waals surface area contributed by atoms with Gasteiger partial charge >= 0.3 is 0 Å². The Balaban J connectivity index is 3.45. The zero-order valence-corrected chi connectivity index (χ0v) is 9.34. The standard InChI is InChI=1S/C10H22N2O/c1-5-6-11(3)7-8-12(4)9-10(2)13/h5-9H2,1-4H3. The van der Waals surface area contributed by atoms with Gasteiger partial charge in [-0.25, -0.2) is 0 Å². The van der Waals surface area contributed by atoms with Crippen LogP contribution in [-0.2, 0) is 4.79 Å². The van der Waals surface area contributed by atoms with Crippen LogP contribution < -0.4 is 0 Å². The van der Waals surface area contributed by atoms with Gasteiger partial charge in [0.1, 0.15) is 5.78 Å². The molecular weight excluding hydrogens is 164 g/mol. The van der Waals surface area contributed by atoms with Crippen molar-refractivity contribution in [3.05, 3.63) is 0 Å². The van der Waals surface area contributed by atoms with Crippen molar-refractivity contribution in [1.82, 2.24) is 9.80 Å². The molecule has 78 valence electrons. The van der Waals surface area contributed by atoms with E-state index in [0.717, 1.165) is 19.6 Å². The summed E-state index contributed by atoms with van der Waals surface area (Å²) < 4.78 is 0. The average molecular weight is 186 g/mol. The summed E-state index contributed by atoms with van der Waals surface area (Å²) in [6, 6.07) is 0. The molecule has 0 bridgehead atoms. The molecule has 13 heavy (non-hydrogen) atoms. The molecule has 0 spiro atoms. The molecule has 3 nitrogen and oxygen atoms in total. The number of nitrogens with zero attached hydrogens (tertiary/aromatic N) is 2. The summed E-state index contributed by atoms with van der Waals surface area (Å²) >= 11 is 0. The van der Waals surface area contributed by atoms with Crippen molar-refractivity contribution in [2.24, 2.45) is 0 Å². The number of ketones is 1. The van der Waals surface area contributed by atoms with Crippen LogP contribution in [0.1, 0.15) is 20.3 Å². The van der Waals surface area contributed by atoms with Gasteiger partial charge in [-0.05, 0) is 34.0 Å². The van der Waals surface area contributed by atoms with Gasteiger partial charge in [0.2, 0.25) is 0 Å². The third-order valence-corrected chi connectivity index (χ3v) is 1.96. The van der Waals surface area contributed by atoms with E-state index in [1.807, 2.05) is 7.05 Å². The lowest BCUT2D eigenvalue weighted by Gasteiger charge is -2.20. The second-order valence-corrected chi connectivity index (χ2v) is 3.74. The van der Waals surface area contributed by atoms with Crippen molar-refractivity contribution in [2.45, 2.75) is 20.3 Å². The van der Waals surface area contributed by atoms with Crippen molar-refractivity contribution >= 4 is 5.78 Å². The summed E-state index contributed by atoms with van der Waals surface area (Å²) in [5.74, 6) is 0.237. The van der Waals surface area contributed by atoms with Gasteiger partial charge in [0.15, 0.2) is 0 Å². The highest BCUT2D eigenvalue weighted by molar-refractivity contribution is 5.77. The molecule has 0 aromatic carbocycles. The fourth-order valence-corrected chi connectivity index (χ4v) is 1.29. The first-order chi connectivity index (χ1) is 6.06. The van der Waals surface area contributed by atoms with Crippen LogP contribution in [0.3, 0.4) is 0 Å². The fraction of sp³-hybridized carbons (Fsp3) is 0.900. The third kappa shape index (κ3) is 7.94. The van der Waals surface area contributed by atoms with Gasteiger partial charge in [-0.3, -0.25) is 9.69 Å². The fourth-order valence-electron chi connectivity index (χ4n) is 1.29. The molecule has 0 saturated heterocycles. The van der Waals surface area contributed by atoms with Crippen LogP contribution in [0, 0.1) is 0 Å². The lowest BCUT2D eigenvalue weighted by atomic mass is 10.4. The number of carbonyl (C=O) groups is 1. The molecule has 0 amide bonds. The van der Waals surface area contributed by atoms with Gasteiger partial charge in [0, 0.05) is 13.1 Å². The van der Waals surface area contributed by atoms with E-state index in [0.29, 0.717) is 6.54 Å². The van der Waals surface area contributed by atoms with Crippen LogP contribution in [0.2, 0.25) is 0 Å². The van der Waals surface area contributed by atoms with Gasteiger partial charge in [-0.1, -0.05) is 6.92 Å². The maximum absolute atomic E-state index is 10.8. The lowest BCUT2D eigenvalue weighted by Crippen LogP contribution is -2.33. The summed E-state index contributed by atoms with van der Waals surface area (Å²) in [4.78, 5) is 15.1. The van der Waals surface area contributed by atoms with Crippen molar-refractivity contribution < 1.29 is 4.79 Å². The van der Waals surface area contributed by atoms with Crippen molar-refractivity contribution in [3.8, 4) is 0 Å². The first kappa shape index (κ1) is 12.6. The molecule has 0 unspecified atom stereocenters. The molecular formula is C10H22N2O. The zero-order valence-electron chi connectivity index (χ0n) is 9.34. The Bertz CT molecular complexity index is 148. The van der Waals surface area contributed by atoms with Crippen molar-refractivity contribution in [2.75, 3.05) is 40.3 Å². The normalized spacial score (nSPS) is 11.2. The summed E-state index contributed by atoms with van der Waals surface area (Å²) in [6.45, 7) is 7.52. The quantitative estimate of drug-likeness (QED) is 0.589. The van der Waals surface area contributed by atoms with E-state index in [1.54, 1.807) is 6.92 Å². The second-order valence-electron chi connectivity index (χ2n) is 3.74. The Kier molecular flexibility index (Phi) is 6.82. The molecule has 0 aliphatic carbocycles. The molecule has 0 radical (unpaired) electrons. The van der Waals surface area contributed by atoms with Crippen molar-refractivity contribution in [3.63, 3.8) is 0 Å². The third-order valence-electron chi connectivity index (χ3n) is 1.96. The van der Waals surface area contributed by atoms with Crippen LogP contribution in [0.15, 0.2) is 0 Å². The van der Waals surface area contributed by atoms with Crippen LogP contribution in [0.4, 0.5) is 0 Å². The molecule has 0 aliphatic heterocycles. The largest absolute Gasteiger partial charge is 0.305 e. The molecule has 0 aliphatic rings. The van der Waals surface area contributed by atoms with Gasteiger partial charge in [0.25, 0.3) is 0 Å². The minimum Gasteiger partial charge on any atom is -0.305 e. The van der Waals surface area contributed by atoms with Gasteiger partial charge in [-0.2, -0.15) is 0 Å². The molecule has 0 saturated carbocycles. The van der Waals surface area contributed by atoms with E-state index < -0.39 is 0 Å². The summed E-state index contributed by atoms with van der Waals surface area (Å²) in [5.41, 5.74) is 0. The molecule has 0 fully saturated rings. The van der Waals surface area contributed by atoms with Crippen LogP contribution in [0.5, 0.6) is 0 Å². The van der Waals surface area contributed by atoms with Crippen LogP contribution in [-0.4, -0.2) is 55.9 Å². The van der Waals surface area contributed by atoms with E-state index in [1.165, 1.54) is 6.42 Å². The number of hydrogen-bond acceptors (Lipinski definition) is 3. The molecule has 3 heteroatoms. The molecule has 0 N–H and O–H groups in total. The number of hydrogen-bond donors (Lipinski definition) is 0. The van der Waals surface area contributed by atoms with Gasteiger partial charge in [0.05, 0.1) is 6.54 Å². The highest BCUT2D eigenvalue weighted by atomic mass is 16.1. The minimum atomic E-state index is 0.237. The number of rotatable bonds is 7. The minimum absolute atomic E-state index is 0.237. The maximum Gasteiger partial charge on any atom is 0.143 e. The molecule has 0 heterocycles. The first-order valence-electron chi connectivity index (χ1n) is 4.92. The Morgan fingerprint density at radius 1 is 1.08 bits per heavy atom. The predicted octanol–water partition coefficient (Wildman–Crippen LogP) is 0.849. The van der Waals surface area contributed by atoms with Gasteiger partial charge < -0.3 is 4.90 Å². The highest BCUT2D eigenvalue weighted by Gasteiger charge is 2.02. The summed E-state index contributed by atoms with van der Waals surface area (Å²) in [7, 11) is 4.10. The topological polar surface area (TPSA) is 23.6 Å². The number of Topliss-reactive ketones (excluding diaryl/α,β-unsaturated/α-hetero) is 1. The molecule has 0 aromatic heterocycles. The Hall–Kier alpha value is -0.410. The number of likely N-dealkylation sites (N-methyl/N-ethyl adjacent to an activating group) is 2. The van der Waals surface area contributed by atoms with Crippen LogP contribution >= 0.6 is 0 Å². The predicted molar refractivity (Wildman–Crippen MR) is 56.0 cm³/mol. The van der Waals surface area contributed by atoms with E-state index in [4.69, 9.17) is 0 Å².